The number of carbonyl (C=O) groups is 1. The van der Waals surface area contributed by atoms with Crippen LogP contribution >= 0.6 is 0 Å². The van der Waals surface area contributed by atoms with Crippen LogP contribution < -0.4 is 5.73 Å². The van der Waals surface area contributed by atoms with Crippen LogP contribution in [0, 0.1) is 0 Å². The standard InChI is InChI=1S/C7H7NO2.3C4H9O.Ti/c8-6-3-1-5(2-4-6)7(9)10;3*1-2-3-4-5;/h1-4H,8H2,(H,9,10);3*2-4H2,1H3;/q;3*-1;+4/p-1. The molecule has 1 rings (SSSR count). The minimum absolute atomic E-state index is 0.409. The topological polar surface area (TPSA) is 80.0 Å². The molecule has 0 heterocycles. The monoisotopic (exact) mass is 403 g/mol. The molecule has 0 radical (unpaired) electrons. The molecule has 0 aliphatic heterocycles. The summed E-state index contributed by atoms with van der Waals surface area (Å²) in [6, 6.07) is 6.60. The quantitative estimate of drug-likeness (QED) is 0.276. The third-order valence-corrected chi connectivity index (χ3v) is 6.99. The molecule has 0 aliphatic carbocycles. The van der Waals surface area contributed by atoms with Crippen LogP contribution in [0.2, 0.25) is 0 Å². The second-order valence-corrected chi connectivity index (χ2v) is 9.35. The first-order valence-corrected chi connectivity index (χ1v) is 12.1. The van der Waals surface area contributed by atoms with Crippen molar-refractivity contribution in [2.75, 3.05) is 25.6 Å². The van der Waals surface area contributed by atoms with E-state index in [2.05, 4.69) is 20.8 Å². The van der Waals surface area contributed by atoms with E-state index in [9.17, 15) is 4.79 Å². The molecule has 0 aliphatic rings. The Bertz CT molecular complexity index is 483. The van der Waals surface area contributed by atoms with Crippen molar-refractivity contribution >= 4 is 11.7 Å². The first-order valence-electron chi connectivity index (χ1n) is 9.57. The molecule has 148 valence electrons. The van der Waals surface area contributed by atoms with E-state index in [1.165, 1.54) is 0 Å². The molecule has 0 bridgehead atoms. The SMILES string of the molecule is CCCC[O][Ti]([O]CCCC)([O]CCCC)[O]C(=O)c1ccc(N)cc1. The van der Waals surface area contributed by atoms with E-state index in [0.29, 0.717) is 31.1 Å². The maximum absolute atomic E-state index is 12.6. The van der Waals surface area contributed by atoms with E-state index < -0.39 is 24.1 Å². The maximum atomic E-state index is 12.6. The van der Waals surface area contributed by atoms with Gasteiger partial charge in [0.2, 0.25) is 0 Å². The summed E-state index contributed by atoms with van der Waals surface area (Å²) in [5.41, 5.74) is 6.68. The van der Waals surface area contributed by atoms with Gasteiger partial charge in [-0.25, -0.2) is 0 Å². The molecule has 0 saturated heterocycles. The summed E-state index contributed by atoms with van der Waals surface area (Å²) in [6.07, 6.45) is 5.53. The van der Waals surface area contributed by atoms with Crippen molar-refractivity contribution in [3.8, 4) is 0 Å². The van der Waals surface area contributed by atoms with Gasteiger partial charge in [-0.1, -0.05) is 0 Å². The fourth-order valence-corrected chi connectivity index (χ4v) is 5.08. The third-order valence-electron chi connectivity index (χ3n) is 3.69. The van der Waals surface area contributed by atoms with E-state index in [4.69, 9.17) is 19.0 Å². The number of unbranched alkanes of at least 4 members (excludes halogenated alkanes) is 3. The van der Waals surface area contributed by atoms with Crippen LogP contribution in [0.25, 0.3) is 0 Å². The zero-order valence-electron chi connectivity index (χ0n) is 16.3. The molecule has 0 spiro atoms. The van der Waals surface area contributed by atoms with Gasteiger partial charge in [-0.2, -0.15) is 0 Å². The van der Waals surface area contributed by atoms with Crippen LogP contribution in [0.1, 0.15) is 69.7 Å². The van der Waals surface area contributed by atoms with Crippen LogP contribution in [0.3, 0.4) is 0 Å². The number of benzene rings is 1. The van der Waals surface area contributed by atoms with Crippen LogP contribution in [0.4, 0.5) is 5.69 Å². The molecule has 0 saturated carbocycles. The molecular formula is C19H33NO5Ti. The Kier molecular flexibility index (Phi) is 11.8. The average Bonchev–Trinajstić information content (AvgIpc) is 2.63. The molecule has 26 heavy (non-hydrogen) atoms. The first-order chi connectivity index (χ1) is 12.6. The molecule has 0 unspecified atom stereocenters. The third kappa shape index (κ3) is 8.65. The Morgan fingerprint density at radius 3 is 1.65 bits per heavy atom. The van der Waals surface area contributed by atoms with Gasteiger partial charge in [0.25, 0.3) is 0 Å². The Morgan fingerprint density at radius 1 is 0.846 bits per heavy atom. The van der Waals surface area contributed by atoms with Crippen LogP contribution in [-0.4, -0.2) is 25.8 Å². The fourth-order valence-electron chi connectivity index (χ4n) is 2.03. The number of hydrogen-bond acceptors (Lipinski definition) is 6. The summed E-state index contributed by atoms with van der Waals surface area (Å²) in [7, 11) is 0. The zero-order valence-corrected chi connectivity index (χ0v) is 17.9. The fraction of sp³-hybridized carbons (Fsp3) is 0.632. The van der Waals surface area contributed by atoms with Crippen molar-refractivity contribution < 1.29 is 36.2 Å². The van der Waals surface area contributed by atoms with Crippen molar-refractivity contribution in [3.05, 3.63) is 29.8 Å². The van der Waals surface area contributed by atoms with E-state index in [1.54, 1.807) is 24.3 Å². The predicted molar refractivity (Wildman–Crippen MR) is 98.8 cm³/mol. The summed E-state index contributed by atoms with van der Waals surface area (Å²) in [6.45, 7) is 7.62. The molecule has 1 aromatic carbocycles. The first kappa shape index (κ1) is 23.1. The van der Waals surface area contributed by atoms with Gasteiger partial charge >= 0.3 is 163 Å². The van der Waals surface area contributed by atoms with Gasteiger partial charge in [0.05, 0.1) is 0 Å². The summed E-state index contributed by atoms with van der Waals surface area (Å²) in [4.78, 5) is 12.6. The van der Waals surface area contributed by atoms with Gasteiger partial charge < -0.3 is 0 Å². The molecule has 0 atom stereocenters. The van der Waals surface area contributed by atoms with Gasteiger partial charge in [0.1, 0.15) is 0 Å². The molecule has 6 nitrogen and oxygen atoms in total. The van der Waals surface area contributed by atoms with Gasteiger partial charge in [-0.3, -0.25) is 0 Å². The van der Waals surface area contributed by atoms with Gasteiger partial charge in [-0.05, 0) is 0 Å². The molecular weight excluding hydrogens is 370 g/mol. The predicted octanol–water partition coefficient (Wildman–Crippen LogP) is 4.69. The van der Waals surface area contributed by atoms with Crippen LogP contribution in [-0.2, 0) is 31.4 Å². The molecule has 0 amide bonds. The van der Waals surface area contributed by atoms with Gasteiger partial charge in [0, 0.05) is 0 Å². The normalized spacial score (nSPS) is 11.5. The summed E-state index contributed by atoms with van der Waals surface area (Å²) >= 11 is -4.16. The molecule has 2 N–H and O–H groups in total. The van der Waals surface area contributed by atoms with E-state index in [-0.39, 0.29) is 0 Å². The van der Waals surface area contributed by atoms with Gasteiger partial charge in [-0.15, -0.1) is 0 Å². The van der Waals surface area contributed by atoms with E-state index in [0.717, 1.165) is 38.5 Å². The Hall–Kier alpha value is -0.916. The molecule has 0 fully saturated rings. The number of nitrogen functional groups attached to an aromatic ring is 1. The Morgan fingerprint density at radius 2 is 1.27 bits per heavy atom. The van der Waals surface area contributed by atoms with Gasteiger partial charge in [0.15, 0.2) is 0 Å². The van der Waals surface area contributed by atoms with Crippen molar-refractivity contribution in [2.45, 2.75) is 59.3 Å². The second-order valence-electron chi connectivity index (χ2n) is 6.12. The zero-order chi connectivity index (χ0) is 19.3. The number of nitrogens with two attached hydrogens (primary N) is 1. The summed E-state index contributed by atoms with van der Waals surface area (Å²) < 4.78 is 23.6. The average molecular weight is 403 g/mol. The number of anilines is 1. The van der Waals surface area contributed by atoms with Crippen molar-refractivity contribution in [1.29, 1.82) is 0 Å². The number of hydrogen-bond donors (Lipinski definition) is 1. The Labute approximate surface area is 162 Å². The number of rotatable bonds is 14. The summed E-state index contributed by atoms with van der Waals surface area (Å²) in [5, 5.41) is 0. The minimum atomic E-state index is -4.16. The molecule has 0 aromatic heterocycles. The number of carbonyl (C=O) groups excluding carboxylic acids is 1. The second kappa shape index (κ2) is 13.3. The van der Waals surface area contributed by atoms with Crippen molar-refractivity contribution in [2.24, 2.45) is 0 Å². The molecule has 7 heteroatoms. The molecule has 1 aromatic rings. The van der Waals surface area contributed by atoms with Crippen LogP contribution in [0.15, 0.2) is 24.3 Å². The van der Waals surface area contributed by atoms with E-state index >= 15 is 0 Å². The van der Waals surface area contributed by atoms with E-state index in [1.807, 2.05) is 0 Å². The summed E-state index contributed by atoms with van der Waals surface area (Å²) in [5.74, 6) is -0.491. The van der Waals surface area contributed by atoms with Crippen LogP contribution in [0.5, 0.6) is 0 Å². The Balaban J connectivity index is 2.90. The van der Waals surface area contributed by atoms with Crippen molar-refractivity contribution in [1.82, 2.24) is 0 Å². The van der Waals surface area contributed by atoms with Crippen molar-refractivity contribution in [3.63, 3.8) is 0 Å².